The molecule has 5 heteroatoms. The van der Waals surface area contributed by atoms with Crippen LogP contribution < -0.4 is 5.32 Å². The van der Waals surface area contributed by atoms with Crippen LogP contribution in [-0.2, 0) is 0 Å². The molecule has 0 bridgehead atoms. The first-order chi connectivity index (χ1) is 7.54. The highest BCUT2D eigenvalue weighted by Gasteiger charge is 2.38. The van der Waals surface area contributed by atoms with E-state index in [0.717, 1.165) is 12.8 Å². The fourth-order valence-corrected chi connectivity index (χ4v) is 1.52. The second-order valence-corrected chi connectivity index (χ2v) is 4.34. The minimum absolute atomic E-state index is 0.0204. The Morgan fingerprint density at radius 3 is 2.69 bits per heavy atom. The van der Waals surface area contributed by atoms with Crippen LogP contribution in [0.3, 0.4) is 0 Å². The molecule has 1 saturated carbocycles. The molecule has 1 aromatic carbocycles. The van der Waals surface area contributed by atoms with Crippen molar-refractivity contribution in [1.82, 2.24) is 0 Å². The van der Waals surface area contributed by atoms with E-state index >= 15 is 0 Å². The van der Waals surface area contributed by atoms with Crippen molar-refractivity contribution in [1.29, 1.82) is 0 Å². The summed E-state index contributed by atoms with van der Waals surface area (Å²) in [5, 5.41) is 14.0. The van der Waals surface area contributed by atoms with Crippen LogP contribution in [0, 0.1) is 10.1 Å². The van der Waals surface area contributed by atoms with E-state index in [1.165, 1.54) is 6.07 Å². The molecule has 1 aliphatic carbocycles. The third-order valence-corrected chi connectivity index (χ3v) is 2.79. The van der Waals surface area contributed by atoms with Crippen LogP contribution in [0.2, 0.25) is 0 Å². The number of carbonyl (C=O) groups excluding carboxylic acids is 1. The predicted octanol–water partition coefficient (Wildman–Crippen LogP) is 2.37. The number of hydrogen-bond acceptors (Lipinski definition) is 4. The van der Waals surface area contributed by atoms with Crippen LogP contribution in [0.5, 0.6) is 0 Å². The second-order valence-electron chi connectivity index (χ2n) is 4.34. The number of anilines is 1. The number of nitrogens with one attached hydrogen (secondary N) is 1. The highest BCUT2D eigenvalue weighted by atomic mass is 16.6. The molecule has 1 N–H and O–H groups in total. The molecule has 0 atom stereocenters. The normalized spacial score (nSPS) is 16.6. The van der Waals surface area contributed by atoms with Gasteiger partial charge in [-0.1, -0.05) is 0 Å². The van der Waals surface area contributed by atoms with E-state index in [-0.39, 0.29) is 11.2 Å². The first kappa shape index (κ1) is 10.6. The molecule has 1 aliphatic rings. The van der Waals surface area contributed by atoms with Gasteiger partial charge in [0.05, 0.1) is 4.92 Å². The summed E-state index contributed by atoms with van der Waals surface area (Å²) in [7, 11) is 0. The number of carbonyl (C=O) groups is 1. The second kappa shape index (κ2) is 3.59. The maximum absolute atomic E-state index is 10.8. The lowest BCUT2D eigenvalue weighted by atomic mass is 10.1. The van der Waals surface area contributed by atoms with Crippen LogP contribution in [-0.4, -0.2) is 16.7 Å². The molecule has 0 spiro atoms. The molecule has 0 saturated heterocycles. The van der Waals surface area contributed by atoms with Gasteiger partial charge in [0.1, 0.15) is 12.0 Å². The van der Waals surface area contributed by atoms with Crippen molar-refractivity contribution in [2.24, 2.45) is 0 Å². The van der Waals surface area contributed by atoms with Gasteiger partial charge in [0, 0.05) is 17.2 Å². The lowest BCUT2D eigenvalue weighted by molar-refractivity contribution is -0.384. The largest absolute Gasteiger partial charge is 0.374 e. The molecular formula is C11H12N2O3. The van der Waals surface area contributed by atoms with Crippen molar-refractivity contribution in [3.8, 4) is 0 Å². The Balaban J connectivity index is 2.35. The Hall–Kier alpha value is -1.91. The molecule has 0 aliphatic heterocycles. The summed E-state index contributed by atoms with van der Waals surface area (Å²) in [5.74, 6) is 0. The fourth-order valence-electron chi connectivity index (χ4n) is 1.52. The Bertz CT molecular complexity index is 453. The molecule has 0 aromatic heterocycles. The van der Waals surface area contributed by atoms with Gasteiger partial charge in [0.15, 0.2) is 0 Å². The molecule has 1 aromatic rings. The summed E-state index contributed by atoms with van der Waals surface area (Å²) in [4.78, 5) is 20.9. The molecule has 1 fully saturated rings. The number of nitrogens with zero attached hydrogens (tertiary/aromatic N) is 1. The predicted molar refractivity (Wildman–Crippen MR) is 59.7 cm³/mol. The maximum atomic E-state index is 10.8. The lowest BCUT2D eigenvalue weighted by Gasteiger charge is -2.13. The van der Waals surface area contributed by atoms with E-state index in [2.05, 4.69) is 5.32 Å². The summed E-state index contributed by atoms with van der Waals surface area (Å²) in [6, 6.07) is 4.46. The first-order valence-corrected chi connectivity index (χ1v) is 5.06. The van der Waals surface area contributed by atoms with Crippen LogP contribution in [0.15, 0.2) is 18.2 Å². The third kappa shape index (κ3) is 2.03. The summed E-state index contributed by atoms with van der Waals surface area (Å²) >= 11 is 0. The van der Waals surface area contributed by atoms with E-state index in [1.54, 1.807) is 12.1 Å². The van der Waals surface area contributed by atoms with Gasteiger partial charge >= 0.3 is 0 Å². The van der Waals surface area contributed by atoms with Crippen molar-refractivity contribution in [2.75, 3.05) is 5.32 Å². The van der Waals surface area contributed by atoms with E-state index in [9.17, 15) is 14.9 Å². The van der Waals surface area contributed by atoms with Gasteiger partial charge in [0.2, 0.25) is 0 Å². The molecule has 5 nitrogen and oxygen atoms in total. The zero-order valence-electron chi connectivity index (χ0n) is 8.90. The molecule has 2 rings (SSSR count). The molecule has 0 unspecified atom stereocenters. The van der Waals surface area contributed by atoms with Crippen LogP contribution in [0.1, 0.15) is 30.1 Å². The Morgan fingerprint density at radius 1 is 1.50 bits per heavy atom. The number of aldehydes is 1. The van der Waals surface area contributed by atoms with Gasteiger partial charge in [-0.05, 0) is 31.9 Å². The van der Waals surface area contributed by atoms with Crippen molar-refractivity contribution < 1.29 is 9.72 Å². The average molecular weight is 220 g/mol. The molecule has 0 heterocycles. The topological polar surface area (TPSA) is 72.2 Å². The van der Waals surface area contributed by atoms with E-state index in [1.807, 2.05) is 6.92 Å². The standard InChI is InChI=1S/C11H12N2O3/c1-11(4-5-11)12-9-3-2-8(7-14)6-10(9)13(15)16/h2-3,6-7,12H,4-5H2,1H3. The number of benzene rings is 1. The summed E-state index contributed by atoms with van der Waals surface area (Å²) in [6.07, 6.45) is 2.63. The van der Waals surface area contributed by atoms with Crippen LogP contribution >= 0.6 is 0 Å². The third-order valence-electron chi connectivity index (χ3n) is 2.79. The lowest BCUT2D eigenvalue weighted by Crippen LogP contribution is -2.16. The molecular weight excluding hydrogens is 208 g/mol. The molecule has 16 heavy (non-hydrogen) atoms. The SMILES string of the molecule is CC1(Nc2ccc(C=O)cc2[N+](=O)[O-])CC1. The van der Waals surface area contributed by atoms with Gasteiger partial charge < -0.3 is 5.32 Å². The minimum atomic E-state index is -0.471. The zero-order valence-corrected chi connectivity index (χ0v) is 8.90. The zero-order chi connectivity index (χ0) is 11.8. The van der Waals surface area contributed by atoms with E-state index in [0.29, 0.717) is 17.5 Å². The first-order valence-electron chi connectivity index (χ1n) is 5.06. The quantitative estimate of drug-likeness (QED) is 0.480. The van der Waals surface area contributed by atoms with Gasteiger partial charge in [0.25, 0.3) is 5.69 Å². The Labute approximate surface area is 92.6 Å². The van der Waals surface area contributed by atoms with Crippen LogP contribution in [0.4, 0.5) is 11.4 Å². The monoisotopic (exact) mass is 220 g/mol. The Morgan fingerprint density at radius 2 is 2.19 bits per heavy atom. The van der Waals surface area contributed by atoms with Crippen molar-refractivity contribution in [3.05, 3.63) is 33.9 Å². The van der Waals surface area contributed by atoms with Gasteiger partial charge in [-0.3, -0.25) is 14.9 Å². The van der Waals surface area contributed by atoms with Gasteiger partial charge in [-0.2, -0.15) is 0 Å². The van der Waals surface area contributed by atoms with Gasteiger partial charge in [-0.15, -0.1) is 0 Å². The van der Waals surface area contributed by atoms with Gasteiger partial charge in [-0.25, -0.2) is 0 Å². The summed E-state index contributed by atoms with van der Waals surface area (Å²) < 4.78 is 0. The fraction of sp³-hybridized carbons (Fsp3) is 0.364. The van der Waals surface area contributed by atoms with E-state index < -0.39 is 4.92 Å². The van der Waals surface area contributed by atoms with Crippen LogP contribution in [0.25, 0.3) is 0 Å². The van der Waals surface area contributed by atoms with E-state index in [4.69, 9.17) is 0 Å². The smallest absolute Gasteiger partial charge is 0.293 e. The summed E-state index contributed by atoms with van der Waals surface area (Å²) in [5.41, 5.74) is 0.736. The highest BCUT2D eigenvalue weighted by Crippen LogP contribution is 2.40. The van der Waals surface area contributed by atoms with Crippen molar-refractivity contribution in [2.45, 2.75) is 25.3 Å². The number of nitro benzene ring substituents is 1. The summed E-state index contributed by atoms with van der Waals surface area (Å²) in [6.45, 7) is 2.02. The number of rotatable bonds is 4. The minimum Gasteiger partial charge on any atom is -0.374 e. The average Bonchev–Trinajstić information content (AvgIpc) is 2.96. The Kier molecular flexibility index (Phi) is 2.38. The maximum Gasteiger partial charge on any atom is 0.293 e. The molecule has 84 valence electrons. The van der Waals surface area contributed by atoms with Crippen molar-refractivity contribution >= 4 is 17.7 Å². The molecule has 0 amide bonds. The number of nitro groups is 1. The van der Waals surface area contributed by atoms with Crippen molar-refractivity contribution in [3.63, 3.8) is 0 Å². The number of hydrogen-bond donors (Lipinski definition) is 1. The highest BCUT2D eigenvalue weighted by molar-refractivity contribution is 5.79. The molecule has 0 radical (unpaired) electrons.